The summed E-state index contributed by atoms with van der Waals surface area (Å²) >= 11 is 4.68. The van der Waals surface area contributed by atoms with Crippen LogP contribution in [-0.4, -0.2) is 10.5 Å². The highest BCUT2D eigenvalue weighted by Gasteiger charge is 2.05. The van der Waals surface area contributed by atoms with E-state index in [1.807, 2.05) is 0 Å². The van der Waals surface area contributed by atoms with E-state index >= 15 is 0 Å². The van der Waals surface area contributed by atoms with Crippen molar-refractivity contribution in [2.45, 2.75) is 13.3 Å². The van der Waals surface area contributed by atoms with Gasteiger partial charge in [0.25, 0.3) is 0 Å². The number of hydrogen-bond donors (Lipinski definition) is 0. The first-order chi connectivity index (χ1) is 5.25. The van der Waals surface area contributed by atoms with Crippen LogP contribution in [0.2, 0.25) is 0 Å². The van der Waals surface area contributed by atoms with Crippen LogP contribution in [0.4, 0.5) is 0 Å². The molecule has 0 aliphatic rings. The molecular weight excluding hydrogens is 160 g/mol. The molecule has 0 aliphatic carbocycles. The van der Waals surface area contributed by atoms with E-state index in [9.17, 15) is 5.21 Å². The molecule has 0 bridgehead atoms. The lowest BCUT2D eigenvalue weighted by molar-refractivity contribution is -0.675. The largest absolute Gasteiger partial charge is 0.594 e. The van der Waals surface area contributed by atoms with Gasteiger partial charge >= 0.3 is 0 Å². The Balaban J connectivity index is 3.05. The van der Waals surface area contributed by atoms with Gasteiger partial charge in [-0.05, 0) is 11.4 Å². The number of rotatable bonds is 2. The molecule has 11 heavy (non-hydrogen) atoms. The van der Waals surface area contributed by atoms with Crippen LogP contribution in [0.1, 0.15) is 11.3 Å². The molecule has 3 nitrogen and oxygen atoms in total. The molecule has 4 heteroatoms. The molecule has 0 aromatic carbocycles. The molecule has 0 saturated heterocycles. The molecule has 0 radical (unpaired) electrons. The maximum absolute atomic E-state index is 10.9. The van der Waals surface area contributed by atoms with Crippen LogP contribution in [0, 0.1) is 12.1 Å². The standard InChI is InChI=1S/C7H8N2OS/c1-6-7(3-5-11)2-4-8-9(6)10/h2,4-5H,3H2,1H3. The lowest BCUT2D eigenvalue weighted by Crippen LogP contribution is -2.35. The van der Waals surface area contributed by atoms with Crippen molar-refractivity contribution < 1.29 is 4.85 Å². The Morgan fingerprint density at radius 3 is 3.18 bits per heavy atom. The van der Waals surface area contributed by atoms with Crippen molar-refractivity contribution in [3.63, 3.8) is 0 Å². The second-order valence-electron chi connectivity index (χ2n) is 2.19. The zero-order chi connectivity index (χ0) is 8.27. The van der Waals surface area contributed by atoms with E-state index in [0.29, 0.717) is 17.0 Å². The summed E-state index contributed by atoms with van der Waals surface area (Å²) in [5, 5.41) is 16.0. The van der Waals surface area contributed by atoms with Gasteiger partial charge < -0.3 is 5.21 Å². The minimum atomic E-state index is 0.605. The predicted molar refractivity (Wildman–Crippen MR) is 45.3 cm³/mol. The zero-order valence-electron chi connectivity index (χ0n) is 6.15. The van der Waals surface area contributed by atoms with Crippen molar-refractivity contribution in [1.82, 2.24) is 5.10 Å². The number of thiocarbonyl (C=S) groups is 1. The van der Waals surface area contributed by atoms with Crippen LogP contribution in [0.5, 0.6) is 0 Å². The van der Waals surface area contributed by atoms with E-state index in [4.69, 9.17) is 0 Å². The summed E-state index contributed by atoms with van der Waals surface area (Å²) in [7, 11) is 0. The third kappa shape index (κ3) is 1.71. The first kappa shape index (κ1) is 8.07. The molecule has 1 aromatic heterocycles. The van der Waals surface area contributed by atoms with Crippen molar-refractivity contribution in [1.29, 1.82) is 0 Å². The fourth-order valence-corrected chi connectivity index (χ4v) is 0.999. The Labute approximate surface area is 70.3 Å². The molecule has 1 aromatic rings. The summed E-state index contributed by atoms with van der Waals surface area (Å²) in [6.07, 6.45) is 2.13. The highest BCUT2D eigenvalue weighted by atomic mass is 32.1. The molecule has 58 valence electrons. The minimum Gasteiger partial charge on any atom is -0.594 e. The van der Waals surface area contributed by atoms with Crippen LogP contribution in [0.3, 0.4) is 0 Å². The monoisotopic (exact) mass is 168 g/mol. The van der Waals surface area contributed by atoms with Gasteiger partial charge in [0.1, 0.15) is 0 Å². The van der Waals surface area contributed by atoms with Gasteiger partial charge in [-0.2, -0.15) is 0 Å². The lowest BCUT2D eigenvalue weighted by Gasteiger charge is -1.99. The fourth-order valence-electron chi connectivity index (χ4n) is 0.819. The van der Waals surface area contributed by atoms with Crippen LogP contribution in [0.25, 0.3) is 0 Å². The van der Waals surface area contributed by atoms with Gasteiger partial charge in [0, 0.05) is 24.0 Å². The third-order valence-electron chi connectivity index (χ3n) is 1.50. The maximum atomic E-state index is 10.9. The van der Waals surface area contributed by atoms with Crippen LogP contribution in [-0.2, 0) is 6.42 Å². The normalized spacial score (nSPS) is 9.55. The van der Waals surface area contributed by atoms with E-state index in [1.165, 1.54) is 6.20 Å². The molecule has 0 N–H and O–H groups in total. The molecule has 0 spiro atoms. The van der Waals surface area contributed by atoms with Crippen LogP contribution < -0.4 is 4.85 Å². The average molecular weight is 168 g/mol. The Morgan fingerprint density at radius 1 is 1.82 bits per heavy atom. The Kier molecular flexibility index (Phi) is 2.48. The Hall–Kier alpha value is -1.03. The SMILES string of the molecule is Cc1c(CC=S)ccn[n+]1[O-]. The highest BCUT2D eigenvalue weighted by Crippen LogP contribution is 1.99. The summed E-state index contributed by atoms with van der Waals surface area (Å²) in [6.45, 7) is 1.73. The number of nitrogens with zero attached hydrogens (tertiary/aromatic N) is 2. The quantitative estimate of drug-likeness (QED) is 0.368. The summed E-state index contributed by atoms with van der Waals surface area (Å²) in [6, 6.07) is 1.80. The average Bonchev–Trinajstić information content (AvgIpc) is 1.99. The molecule has 1 rings (SSSR count). The van der Waals surface area contributed by atoms with E-state index in [0.717, 1.165) is 5.56 Å². The van der Waals surface area contributed by atoms with Gasteiger partial charge in [-0.1, -0.05) is 17.1 Å². The van der Waals surface area contributed by atoms with Crippen LogP contribution >= 0.6 is 12.2 Å². The zero-order valence-corrected chi connectivity index (χ0v) is 6.97. The molecule has 0 amide bonds. The highest BCUT2D eigenvalue weighted by molar-refractivity contribution is 7.78. The third-order valence-corrected chi connectivity index (χ3v) is 1.67. The predicted octanol–water partition coefficient (Wildman–Crippen LogP) is 0.566. The van der Waals surface area contributed by atoms with Crippen molar-refractivity contribution >= 4 is 17.6 Å². The van der Waals surface area contributed by atoms with Gasteiger partial charge in [0.15, 0.2) is 0 Å². The van der Waals surface area contributed by atoms with E-state index < -0.39 is 0 Å². The van der Waals surface area contributed by atoms with E-state index in [1.54, 1.807) is 18.4 Å². The first-order valence-corrected chi connectivity index (χ1v) is 3.71. The molecule has 0 aliphatic heterocycles. The molecule has 0 fully saturated rings. The second kappa shape index (κ2) is 3.39. The summed E-state index contributed by atoms with van der Waals surface area (Å²) in [5.74, 6) is 0. The molecule has 0 saturated carbocycles. The van der Waals surface area contributed by atoms with Gasteiger partial charge in [-0.15, -0.1) is 0 Å². The summed E-state index contributed by atoms with van der Waals surface area (Å²) in [5.41, 5.74) is 1.55. The fraction of sp³-hybridized carbons (Fsp3) is 0.286. The summed E-state index contributed by atoms with van der Waals surface area (Å²) in [4.78, 5) is 0.605. The number of aromatic nitrogens is 2. The molecule has 0 atom stereocenters. The molecule has 1 heterocycles. The first-order valence-electron chi connectivity index (χ1n) is 3.23. The van der Waals surface area contributed by atoms with E-state index in [2.05, 4.69) is 17.3 Å². The Bertz CT molecular complexity index is 275. The van der Waals surface area contributed by atoms with E-state index in [-0.39, 0.29) is 0 Å². The minimum absolute atomic E-state index is 0.605. The van der Waals surface area contributed by atoms with Gasteiger partial charge in [-0.3, -0.25) is 0 Å². The van der Waals surface area contributed by atoms with Crippen molar-refractivity contribution in [2.24, 2.45) is 0 Å². The summed E-state index contributed by atoms with van der Waals surface area (Å²) < 4.78 is 0. The second-order valence-corrected chi connectivity index (χ2v) is 2.52. The maximum Gasteiger partial charge on any atom is 0.222 e. The van der Waals surface area contributed by atoms with Gasteiger partial charge in [0.2, 0.25) is 5.69 Å². The number of hydrogen-bond acceptors (Lipinski definition) is 3. The van der Waals surface area contributed by atoms with Crippen molar-refractivity contribution in [3.05, 3.63) is 28.7 Å². The smallest absolute Gasteiger partial charge is 0.222 e. The van der Waals surface area contributed by atoms with Crippen molar-refractivity contribution in [2.75, 3.05) is 0 Å². The molecule has 0 unspecified atom stereocenters. The lowest BCUT2D eigenvalue weighted by atomic mass is 10.2. The molecular formula is C7H8N2OS. The van der Waals surface area contributed by atoms with Gasteiger partial charge in [-0.25, -0.2) is 0 Å². The Morgan fingerprint density at radius 2 is 2.55 bits per heavy atom. The van der Waals surface area contributed by atoms with Gasteiger partial charge in [0.05, 0.1) is 6.20 Å². The van der Waals surface area contributed by atoms with Crippen LogP contribution in [0.15, 0.2) is 12.3 Å². The topological polar surface area (TPSA) is 39.8 Å². The van der Waals surface area contributed by atoms with Crippen molar-refractivity contribution in [3.8, 4) is 0 Å².